The summed E-state index contributed by atoms with van der Waals surface area (Å²) >= 11 is 0. The number of hydrogen-bond donors (Lipinski definition) is 2. The van der Waals surface area contributed by atoms with Crippen LogP contribution in [0.4, 0.5) is 0 Å². The number of esters is 3. The van der Waals surface area contributed by atoms with Crippen molar-refractivity contribution in [2.45, 2.75) is 81.6 Å². The van der Waals surface area contributed by atoms with Gasteiger partial charge in [-0.25, -0.2) is 9.59 Å². The molecule has 1 aliphatic carbocycles. The van der Waals surface area contributed by atoms with Crippen LogP contribution in [-0.2, 0) is 71.2 Å². The molecule has 2 bridgehead atoms. The Morgan fingerprint density at radius 1 is 0.862 bits per heavy atom. The third kappa shape index (κ3) is 8.01. The van der Waals surface area contributed by atoms with Crippen molar-refractivity contribution in [1.82, 2.24) is 15.3 Å². The van der Waals surface area contributed by atoms with Gasteiger partial charge < -0.3 is 39.0 Å². The first-order chi connectivity index (χ1) is 31.3. The summed E-state index contributed by atoms with van der Waals surface area (Å²) in [6.07, 6.45) is -1.83. The van der Waals surface area contributed by atoms with Gasteiger partial charge >= 0.3 is 17.9 Å². The van der Waals surface area contributed by atoms with Crippen LogP contribution in [0.2, 0.25) is 0 Å². The number of likely N-dealkylation sites (N-methyl/N-ethyl adjacent to an activating group) is 1. The van der Waals surface area contributed by atoms with Crippen molar-refractivity contribution in [1.29, 1.82) is 0 Å². The molecule has 5 fully saturated rings. The van der Waals surface area contributed by atoms with Crippen LogP contribution in [0.1, 0.15) is 48.1 Å². The molecule has 0 radical (unpaired) electrons. The van der Waals surface area contributed by atoms with Gasteiger partial charge in [0, 0.05) is 49.1 Å². The highest BCUT2D eigenvalue weighted by molar-refractivity contribution is 5.96. The van der Waals surface area contributed by atoms with Gasteiger partial charge in [0.2, 0.25) is 23.7 Å². The number of nitrogens with zero attached hydrogens (tertiary/aromatic N) is 2. The SMILES string of the molecule is CN(C(=O)C12CC3OC(=O)C1N(Cc1ccc(C=CC(=O)OC4C(=O)OCC4(C)C)cc1)OC2C1OC(c2ccccc2)(c2ccccc2)OC31)C(Cc1ccccc1)C(=O)NCCO. The third-order valence-corrected chi connectivity index (χ3v) is 13.1. The highest BCUT2D eigenvalue weighted by Crippen LogP contribution is 2.59. The third-order valence-electron chi connectivity index (χ3n) is 13.1. The van der Waals surface area contributed by atoms with Gasteiger partial charge in [-0.15, -0.1) is 0 Å². The van der Waals surface area contributed by atoms with E-state index in [0.717, 1.165) is 5.56 Å². The Bertz CT molecular complexity index is 2410. The lowest BCUT2D eigenvalue weighted by Gasteiger charge is -2.50. The van der Waals surface area contributed by atoms with Gasteiger partial charge in [-0.2, -0.15) is 5.06 Å². The summed E-state index contributed by atoms with van der Waals surface area (Å²) in [6, 6.07) is 33.1. The highest BCUT2D eigenvalue weighted by atomic mass is 16.8. The van der Waals surface area contributed by atoms with Crippen LogP contribution in [0.25, 0.3) is 6.08 Å². The average Bonchev–Trinajstić information content (AvgIpc) is 3.98. The molecule has 8 unspecified atom stereocenters. The van der Waals surface area contributed by atoms with Crippen molar-refractivity contribution >= 4 is 35.8 Å². The van der Waals surface area contributed by atoms with Gasteiger partial charge in [0.1, 0.15) is 42.5 Å². The van der Waals surface area contributed by atoms with E-state index in [1.807, 2.05) is 91.0 Å². The average molecular weight is 886 g/mol. The molecule has 4 saturated heterocycles. The smallest absolute Gasteiger partial charge is 0.348 e. The normalized spacial score (nSPS) is 27.6. The number of amides is 2. The van der Waals surface area contributed by atoms with E-state index in [9.17, 15) is 24.3 Å². The molecule has 0 spiro atoms. The maximum atomic E-state index is 15.7. The Hall–Kier alpha value is -6.23. The van der Waals surface area contributed by atoms with Crippen LogP contribution in [0, 0.1) is 10.8 Å². The topological polar surface area (TPSA) is 179 Å². The molecule has 2 amide bonds. The number of ether oxygens (including phenoxy) is 5. The molecule has 0 aromatic heterocycles. The van der Waals surface area contributed by atoms with Crippen molar-refractivity contribution in [2.24, 2.45) is 10.8 Å². The molecule has 338 valence electrons. The molecular formula is C50H51N3O12. The van der Waals surface area contributed by atoms with Crippen LogP contribution in [-0.4, -0.2) is 114 Å². The van der Waals surface area contributed by atoms with Gasteiger partial charge in [0.25, 0.3) is 0 Å². The Morgan fingerprint density at radius 2 is 1.49 bits per heavy atom. The number of fused-ring (bicyclic) bond motifs is 4. The molecule has 15 heteroatoms. The van der Waals surface area contributed by atoms with Crippen molar-refractivity contribution in [3.8, 4) is 0 Å². The number of aliphatic hydroxyl groups excluding tert-OH is 1. The minimum absolute atomic E-state index is 0.0161. The molecule has 2 N–H and O–H groups in total. The fourth-order valence-corrected chi connectivity index (χ4v) is 9.85. The Kier molecular flexibility index (Phi) is 11.9. The maximum Gasteiger partial charge on any atom is 0.348 e. The Morgan fingerprint density at radius 3 is 2.11 bits per heavy atom. The van der Waals surface area contributed by atoms with Gasteiger partial charge in [-0.3, -0.25) is 19.2 Å². The van der Waals surface area contributed by atoms with Crippen LogP contribution < -0.4 is 5.32 Å². The quantitative estimate of drug-likeness (QED) is 0.106. The first-order valence-corrected chi connectivity index (χ1v) is 21.8. The minimum Gasteiger partial charge on any atom is -0.462 e. The zero-order valence-corrected chi connectivity index (χ0v) is 36.2. The first kappa shape index (κ1) is 44.0. The molecular weight excluding hydrogens is 835 g/mol. The lowest BCUT2D eigenvalue weighted by Crippen LogP contribution is -2.70. The predicted octanol–water partition coefficient (Wildman–Crippen LogP) is 3.86. The van der Waals surface area contributed by atoms with E-state index in [4.69, 9.17) is 28.5 Å². The summed E-state index contributed by atoms with van der Waals surface area (Å²) in [5, 5.41) is 13.8. The van der Waals surface area contributed by atoms with Crippen molar-refractivity contribution in [3.05, 3.63) is 149 Å². The van der Waals surface area contributed by atoms with Crippen LogP contribution >= 0.6 is 0 Å². The van der Waals surface area contributed by atoms with E-state index < -0.39 is 88.9 Å². The molecule has 15 nitrogen and oxygen atoms in total. The second kappa shape index (κ2) is 17.6. The van der Waals surface area contributed by atoms with E-state index in [1.54, 1.807) is 51.2 Å². The molecule has 9 rings (SSSR count). The van der Waals surface area contributed by atoms with E-state index >= 15 is 4.79 Å². The molecule has 65 heavy (non-hydrogen) atoms. The molecule has 5 aliphatic rings. The molecule has 1 saturated carbocycles. The standard InChI is InChI=1S/C50H51N3O12/c1-48(2)30-60-46(58)43(48)62-38(55)24-23-31-19-21-33(22-20-31)29-53-41-45(57)61-37-28-49(41,47(59)52(3)36(44(56)51-25-26-54)27-32-13-7-4-8-14-32)42(65-53)40-39(37)63-50(64-40,34-15-9-5-10-16-34)35-17-11-6-12-18-35/h4-24,36-37,39-43,54H,25-30H2,1-3H3,(H,51,56). The van der Waals surface area contributed by atoms with Crippen molar-refractivity contribution < 1.29 is 57.6 Å². The molecule has 4 heterocycles. The number of carbonyl (C=O) groups is 5. The van der Waals surface area contributed by atoms with Crippen LogP contribution in [0.5, 0.6) is 0 Å². The van der Waals surface area contributed by atoms with Gasteiger partial charge in [0.05, 0.1) is 13.2 Å². The number of aliphatic hydroxyl groups is 1. The number of hydroxylamine groups is 2. The highest BCUT2D eigenvalue weighted by Gasteiger charge is 2.77. The molecule has 4 aromatic carbocycles. The lowest BCUT2D eigenvalue weighted by atomic mass is 9.62. The zero-order chi connectivity index (χ0) is 45.5. The van der Waals surface area contributed by atoms with Gasteiger partial charge in [-0.05, 0) is 22.8 Å². The number of benzene rings is 4. The monoisotopic (exact) mass is 885 g/mol. The summed E-state index contributed by atoms with van der Waals surface area (Å²) in [6.45, 7) is 3.46. The Labute approximate surface area is 376 Å². The summed E-state index contributed by atoms with van der Waals surface area (Å²) < 4.78 is 30.9. The van der Waals surface area contributed by atoms with Crippen molar-refractivity contribution in [3.63, 3.8) is 0 Å². The number of rotatable bonds is 14. The van der Waals surface area contributed by atoms with Crippen molar-refractivity contribution in [2.75, 3.05) is 26.8 Å². The number of carbonyl (C=O) groups excluding carboxylic acids is 5. The largest absolute Gasteiger partial charge is 0.462 e. The van der Waals surface area contributed by atoms with E-state index in [0.29, 0.717) is 22.3 Å². The molecule has 4 aliphatic heterocycles. The summed E-state index contributed by atoms with van der Waals surface area (Å²) in [4.78, 5) is 77.3. The lowest BCUT2D eigenvalue weighted by molar-refractivity contribution is -0.214. The van der Waals surface area contributed by atoms with E-state index in [2.05, 4.69) is 5.32 Å². The first-order valence-electron chi connectivity index (χ1n) is 21.8. The van der Waals surface area contributed by atoms with E-state index in [-0.39, 0.29) is 39.1 Å². The minimum atomic E-state index is -1.61. The number of hydrogen-bond acceptors (Lipinski definition) is 13. The van der Waals surface area contributed by atoms with E-state index in [1.165, 1.54) is 16.0 Å². The summed E-state index contributed by atoms with van der Waals surface area (Å²) in [7, 11) is 1.56. The predicted molar refractivity (Wildman–Crippen MR) is 231 cm³/mol. The Balaban J connectivity index is 1.06. The number of nitrogens with one attached hydrogen (secondary N) is 1. The second-order valence-corrected chi connectivity index (χ2v) is 17.9. The zero-order valence-electron chi connectivity index (χ0n) is 36.2. The molecule has 4 aromatic rings. The molecule has 8 atom stereocenters. The number of cyclic esters (lactones) is 1. The van der Waals surface area contributed by atoms with Crippen LogP contribution in [0.3, 0.4) is 0 Å². The second-order valence-electron chi connectivity index (χ2n) is 17.9. The summed E-state index contributed by atoms with van der Waals surface area (Å²) in [5.74, 6) is -4.38. The fraction of sp³-hybridized carbons (Fsp3) is 0.380. The fourth-order valence-electron chi connectivity index (χ4n) is 9.85. The van der Waals surface area contributed by atoms with Crippen LogP contribution in [0.15, 0.2) is 121 Å². The van der Waals surface area contributed by atoms with Gasteiger partial charge in [0.15, 0.2) is 6.04 Å². The van der Waals surface area contributed by atoms with Gasteiger partial charge in [-0.1, -0.05) is 129 Å². The maximum absolute atomic E-state index is 15.7. The summed E-state index contributed by atoms with van der Waals surface area (Å²) in [5.41, 5.74) is 1.30.